The first-order chi connectivity index (χ1) is 9.53. The van der Waals surface area contributed by atoms with Crippen LogP contribution in [-0.4, -0.2) is 56.2 Å². The lowest BCUT2D eigenvalue weighted by Crippen LogP contribution is -2.34. The van der Waals surface area contributed by atoms with Gasteiger partial charge < -0.3 is 14.9 Å². The summed E-state index contributed by atoms with van der Waals surface area (Å²) in [7, 11) is 0. The summed E-state index contributed by atoms with van der Waals surface area (Å²) < 4.78 is 19.6. The number of aldehydes is 1. The highest BCUT2D eigenvalue weighted by atomic mass is 19.1. The van der Waals surface area contributed by atoms with E-state index in [4.69, 9.17) is 15.1 Å². The monoisotopic (exact) mass is 289 g/mol. The molecule has 2 rings (SSSR count). The second kappa shape index (κ2) is 5.63. The molecular formula is C10H12FN3O6. The van der Waals surface area contributed by atoms with Crippen LogP contribution in [0.4, 0.5) is 10.2 Å². The van der Waals surface area contributed by atoms with E-state index in [1.807, 2.05) is 0 Å². The molecule has 110 valence electrons. The molecule has 0 amide bonds. The molecule has 4 N–H and O–H groups in total. The van der Waals surface area contributed by atoms with E-state index in [9.17, 15) is 19.1 Å². The Morgan fingerprint density at radius 2 is 2.30 bits per heavy atom. The molecule has 0 aromatic carbocycles. The van der Waals surface area contributed by atoms with Crippen molar-refractivity contribution in [2.45, 2.75) is 24.6 Å². The van der Waals surface area contributed by atoms with Crippen molar-refractivity contribution in [2.75, 3.05) is 12.1 Å². The van der Waals surface area contributed by atoms with Crippen molar-refractivity contribution in [1.29, 1.82) is 0 Å². The van der Waals surface area contributed by atoms with Crippen molar-refractivity contribution in [2.24, 2.45) is 0 Å². The van der Waals surface area contributed by atoms with Crippen LogP contribution in [0.5, 0.6) is 0 Å². The Morgan fingerprint density at radius 3 is 2.80 bits per heavy atom. The number of alkyl halides is 1. The highest BCUT2D eigenvalue weighted by Crippen LogP contribution is 2.30. The maximum absolute atomic E-state index is 13.9. The van der Waals surface area contributed by atoms with Crippen LogP contribution in [-0.2, 0) is 4.74 Å². The smallest absolute Gasteiger partial charge is 0.351 e. The molecule has 4 atom stereocenters. The topological polar surface area (TPSA) is 134 Å². The maximum Gasteiger partial charge on any atom is 0.351 e. The summed E-state index contributed by atoms with van der Waals surface area (Å²) >= 11 is 0. The van der Waals surface area contributed by atoms with E-state index in [2.05, 4.69) is 4.98 Å². The van der Waals surface area contributed by atoms with E-state index in [0.29, 0.717) is 10.9 Å². The summed E-state index contributed by atoms with van der Waals surface area (Å²) in [5.41, 5.74) is 0.367. The van der Waals surface area contributed by atoms with Crippen LogP contribution >= 0.6 is 0 Å². The van der Waals surface area contributed by atoms with Gasteiger partial charge in [-0.25, -0.2) is 9.18 Å². The van der Waals surface area contributed by atoms with Gasteiger partial charge in [0.25, 0.3) is 0 Å². The average Bonchev–Trinajstić information content (AvgIpc) is 2.74. The molecule has 2 unspecified atom stereocenters. The van der Waals surface area contributed by atoms with Gasteiger partial charge in [0.1, 0.15) is 12.2 Å². The van der Waals surface area contributed by atoms with Gasteiger partial charge in [-0.1, -0.05) is 0 Å². The van der Waals surface area contributed by atoms with Gasteiger partial charge in [0.15, 0.2) is 24.5 Å². The van der Waals surface area contributed by atoms with Gasteiger partial charge in [0.2, 0.25) is 0 Å². The molecule has 1 aromatic rings. The summed E-state index contributed by atoms with van der Waals surface area (Å²) in [6.45, 7) is -0.628. The number of hydrogen-bond donors (Lipinski definition) is 4. The Bertz CT molecular complexity index is 564. The molecule has 0 spiro atoms. The quantitative estimate of drug-likeness (QED) is 0.386. The van der Waals surface area contributed by atoms with E-state index in [1.54, 1.807) is 5.48 Å². The largest absolute Gasteiger partial charge is 0.394 e. The standard InChI is InChI=1S/C10H12FN3O6/c11-6-7(17)5(3-16)20-9(6)14-1-4(2-15)8(13-19)12-10(14)18/h1-2,5-7,9,16-17,19H,3H2,(H,12,13,18)/t5-,6?,7?,9-/m0/s1. The molecule has 1 aliphatic rings. The Morgan fingerprint density at radius 1 is 1.60 bits per heavy atom. The number of nitrogens with one attached hydrogen (secondary N) is 1. The number of hydrogen-bond acceptors (Lipinski definition) is 8. The fourth-order valence-electron chi connectivity index (χ4n) is 1.92. The Labute approximate surface area is 111 Å². The van der Waals surface area contributed by atoms with Crippen LogP contribution in [0.2, 0.25) is 0 Å². The fourth-order valence-corrected chi connectivity index (χ4v) is 1.92. The summed E-state index contributed by atoms with van der Waals surface area (Å²) in [4.78, 5) is 25.8. The van der Waals surface area contributed by atoms with Gasteiger partial charge in [-0.2, -0.15) is 4.98 Å². The number of rotatable bonds is 4. The van der Waals surface area contributed by atoms with Crippen LogP contribution in [0.15, 0.2) is 11.0 Å². The van der Waals surface area contributed by atoms with Crippen molar-refractivity contribution >= 4 is 12.1 Å². The summed E-state index contributed by atoms with van der Waals surface area (Å²) in [6.07, 6.45) is -5.05. The zero-order valence-electron chi connectivity index (χ0n) is 10.0. The molecule has 0 aliphatic carbocycles. The number of nitrogens with zero attached hydrogens (tertiary/aromatic N) is 2. The molecule has 1 aromatic heterocycles. The SMILES string of the molecule is O=Cc1cn([C@H]2O[C@@H](CO)C(O)C2F)c(=O)nc1NO. The highest BCUT2D eigenvalue weighted by molar-refractivity contribution is 5.81. The number of aliphatic hydroxyl groups is 2. The maximum atomic E-state index is 13.9. The van der Waals surface area contributed by atoms with Crippen LogP contribution in [0.3, 0.4) is 0 Å². The van der Waals surface area contributed by atoms with E-state index in [1.165, 1.54) is 0 Å². The van der Waals surface area contributed by atoms with Crippen molar-refractivity contribution in [3.63, 3.8) is 0 Å². The lowest BCUT2D eigenvalue weighted by molar-refractivity contribution is -0.0491. The molecule has 1 aliphatic heterocycles. The Balaban J connectivity index is 2.43. The van der Waals surface area contributed by atoms with E-state index >= 15 is 0 Å². The second-order valence-electron chi connectivity index (χ2n) is 4.15. The number of carbonyl (C=O) groups is 1. The Kier molecular flexibility index (Phi) is 4.09. The first kappa shape index (κ1) is 14.5. The number of aromatic nitrogens is 2. The zero-order valence-corrected chi connectivity index (χ0v) is 10.0. The Hall–Kier alpha value is -1.88. The first-order valence-corrected chi connectivity index (χ1v) is 5.60. The second-order valence-corrected chi connectivity index (χ2v) is 4.15. The first-order valence-electron chi connectivity index (χ1n) is 5.60. The fraction of sp³-hybridized carbons (Fsp3) is 0.500. The molecule has 0 radical (unpaired) electrons. The lowest BCUT2D eigenvalue weighted by Gasteiger charge is -2.16. The molecule has 1 fully saturated rings. The lowest BCUT2D eigenvalue weighted by atomic mass is 10.1. The van der Waals surface area contributed by atoms with E-state index in [-0.39, 0.29) is 11.4 Å². The molecule has 10 heteroatoms. The molecule has 0 saturated carbocycles. The normalized spacial score (nSPS) is 29.4. The minimum atomic E-state index is -1.97. The molecule has 1 saturated heterocycles. The highest BCUT2D eigenvalue weighted by Gasteiger charge is 2.45. The predicted octanol–water partition coefficient (Wildman–Crippen LogP) is -1.55. The van der Waals surface area contributed by atoms with Crippen molar-refractivity contribution in [3.8, 4) is 0 Å². The van der Waals surface area contributed by atoms with Gasteiger partial charge in [-0.15, -0.1) is 0 Å². The van der Waals surface area contributed by atoms with Crippen LogP contribution < -0.4 is 11.2 Å². The van der Waals surface area contributed by atoms with Crippen LogP contribution in [0.25, 0.3) is 0 Å². The van der Waals surface area contributed by atoms with Crippen molar-refractivity contribution in [3.05, 3.63) is 22.2 Å². The summed E-state index contributed by atoms with van der Waals surface area (Å²) in [6, 6.07) is 0. The van der Waals surface area contributed by atoms with E-state index < -0.39 is 36.9 Å². The minimum absolute atomic E-state index is 0.204. The van der Waals surface area contributed by atoms with Crippen LogP contribution in [0.1, 0.15) is 16.6 Å². The number of halogens is 1. The van der Waals surface area contributed by atoms with Crippen molar-refractivity contribution < 1.29 is 29.3 Å². The molecule has 0 bridgehead atoms. The molecular weight excluding hydrogens is 277 g/mol. The zero-order chi connectivity index (χ0) is 14.9. The molecule has 20 heavy (non-hydrogen) atoms. The molecule has 9 nitrogen and oxygen atoms in total. The van der Waals surface area contributed by atoms with Crippen molar-refractivity contribution in [1.82, 2.24) is 9.55 Å². The number of ether oxygens (including phenoxy) is 1. The number of aliphatic hydroxyl groups excluding tert-OH is 2. The van der Waals surface area contributed by atoms with Gasteiger partial charge in [0, 0.05) is 6.20 Å². The third-order valence-electron chi connectivity index (χ3n) is 2.96. The van der Waals surface area contributed by atoms with Gasteiger partial charge in [0.05, 0.1) is 12.2 Å². The van der Waals surface area contributed by atoms with Gasteiger partial charge in [-0.05, 0) is 0 Å². The van der Waals surface area contributed by atoms with Crippen LogP contribution in [0, 0.1) is 0 Å². The number of carbonyl (C=O) groups excluding carboxylic acids is 1. The molecule has 2 heterocycles. The van der Waals surface area contributed by atoms with Gasteiger partial charge in [-0.3, -0.25) is 20.0 Å². The van der Waals surface area contributed by atoms with Gasteiger partial charge >= 0.3 is 5.69 Å². The number of anilines is 1. The van der Waals surface area contributed by atoms with E-state index in [0.717, 1.165) is 6.20 Å². The predicted molar refractivity (Wildman–Crippen MR) is 61.2 cm³/mol. The third-order valence-corrected chi connectivity index (χ3v) is 2.96. The summed E-state index contributed by atoms with van der Waals surface area (Å²) in [5.74, 6) is -0.381. The summed E-state index contributed by atoms with van der Waals surface area (Å²) in [5, 5.41) is 27.1. The average molecular weight is 289 g/mol. The minimum Gasteiger partial charge on any atom is -0.394 e. The third kappa shape index (κ3) is 2.29.